The maximum atomic E-state index is 15.7. The second-order valence-corrected chi connectivity index (χ2v) is 15.8. The second kappa shape index (κ2) is 15.7. The molecule has 2 aromatic heterocycles. The van der Waals surface area contributed by atoms with Crippen molar-refractivity contribution in [3.63, 3.8) is 0 Å². The highest BCUT2D eigenvalue weighted by atomic mass is 32.2. The number of nitrogens with one attached hydrogen (secondary N) is 1. The molecule has 0 saturated carbocycles. The van der Waals surface area contributed by atoms with Gasteiger partial charge in [0.15, 0.2) is 23.1 Å². The SMILES string of the molecule is COc1cc2c(Oc3ccc(NC(=O)c4c5c(cn(-c6ccc(F)cc6)c4=O)CCO5)cc3F)ccnc2cc1OC(C)(N1CCSCC1)N1CCSCC1. The minimum absolute atomic E-state index is 0.0918. The second-order valence-electron chi connectivity index (χ2n) is 13.4. The molecule has 0 radical (unpaired) electrons. The number of aromatic nitrogens is 2. The summed E-state index contributed by atoms with van der Waals surface area (Å²) < 4.78 is 55.1. The fourth-order valence-corrected chi connectivity index (χ4v) is 8.98. The topological polar surface area (TPSA) is 107 Å². The van der Waals surface area contributed by atoms with Crippen LogP contribution in [0.2, 0.25) is 0 Å². The van der Waals surface area contributed by atoms with Crippen LogP contribution < -0.4 is 29.8 Å². The molecular formula is C40H39F2N5O6S2. The monoisotopic (exact) mass is 787 g/mol. The Labute approximate surface area is 324 Å². The van der Waals surface area contributed by atoms with Crippen LogP contribution in [-0.4, -0.2) is 94.0 Å². The van der Waals surface area contributed by atoms with Crippen molar-refractivity contribution >= 4 is 46.0 Å². The molecule has 2 saturated heterocycles. The Kier molecular flexibility index (Phi) is 10.6. The molecule has 0 bridgehead atoms. The van der Waals surface area contributed by atoms with Crippen LogP contribution in [-0.2, 0) is 6.42 Å². The van der Waals surface area contributed by atoms with E-state index in [0.29, 0.717) is 52.4 Å². The van der Waals surface area contributed by atoms with Crippen molar-refractivity contribution in [2.75, 3.05) is 68.2 Å². The van der Waals surface area contributed by atoms with Crippen molar-refractivity contribution in [3.05, 3.63) is 106 Å². The summed E-state index contributed by atoms with van der Waals surface area (Å²) in [7, 11) is 1.58. The molecule has 5 heterocycles. The van der Waals surface area contributed by atoms with Crippen molar-refractivity contribution in [3.8, 4) is 34.4 Å². The van der Waals surface area contributed by atoms with E-state index in [1.807, 2.05) is 29.6 Å². The summed E-state index contributed by atoms with van der Waals surface area (Å²) >= 11 is 3.90. The lowest BCUT2D eigenvalue weighted by Gasteiger charge is -2.50. The highest BCUT2D eigenvalue weighted by Gasteiger charge is 2.42. The van der Waals surface area contributed by atoms with Gasteiger partial charge in [0, 0.05) is 109 Å². The highest BCUT2D eigenvalue weighted by Crippen LogP contribution is 2.41. The molecule has 0 atom stereocenters. The van der Waals surface area contributed by atoms with E-state index in [-0.39, 0.29) is 22.7 Å². The number of pyridine rings is 2. The Bertz CT molecular complexity index is 2280. The Morgan fingerprint density at radius 1 is 0.891 bits per heavy atom. The zero-order valence-electron chi connectivity index (χ0n) is 30.3. The summed E-state index contributed by atoms with van der Waals surface area (Å²) in [4.78, 5) is 36.5. The molecule has 0 spiro atoms. The molecule has 5 aromatic rings. The fourth-order valence-electron chi connectivity index (χ4n) is 7.17. The molecule has 55 heavy (non-hydrogen) atoms. The minimum atomic E-state index is -0.771. The van der Waals surface area contributed by atoms with Gasteiger partial charge in [0.25, 0.3) is 11.5 Å². The van der Waals surface area contributed by atoms with Crippen molar-refractivity contribution in [1.29, 1.82) is 0 Å². The largest absolute Gasteiger partial charge is 0.493 e. The van der Waals surface area contributed by atoms with E-state index in [1.54, 1.807) is 31.6 Å². The van der Waals surface area contributed by atoms with E-state index in [1.165, 1.54) is 41.0 Å². The number of fused-ring (bicyclic) bond motifs is 2. The number of carbonyl (C=O) groups is 1. The number of rotatable bonds is 10. The van der Waals surface area contributed by atoms with Gasteiger partial charge in [-0.1, -0.05) is 0 Å². The zero-order valence-corrected chi connectivity index (χ0v) is 31.9. The van der Waals surface area contributed by atoms with Crippen LogP contribution >= 0.6 is 23.5 Å². The lowest BCUT2D eigenvalue weighted by Crippen LogP contribution is -2.65. The number of nitrogens with zero attached hydrogens (tertiary/aromatic N) is 4. The molecule has 286 valence electrons. The minimum Gasteiger partial charge on any atom is -0.493 e. The van der Waals surface area contributed by atoms with Crippen LogP contribution in [0.4, 0.5) is 14.5 Å². The molecule has 3 aliphatic heterocycles. The average Bonchev–Trinajstić information content (AvgIpc) is 3.67. The van der Waals surface area contributed by atoms with Crippen LogP contribution in [0.15, 0.2) is 77.9 Å². The third kappa shape index (κ3) is 7.45. The van der Waals surface area contributed by atoms with Crippen LogP contribution in [0, 0.1) is 11.6 Å². The predicted molar refractivity (Wildman–Crippen MR) is 211 cm³/mol. The van der Waals surface area contributed by atoms with Gasteiger partial charge in [0.1, 0.15) is 22.9 Å². The number of anilines is 1. The van der Waals surface area contributed by atoms with E-state index in [4.69, 9.17) is 18.9 Å². The molecule has 8 rings (SSSR count). The van der Waals surface area contributed by atoms with Crippen molar-refractivity contribution in [2.45, 2.75) is 19.2 Å². The third-order valence-corrected chi connectivity index (χ3v) is 12.0. The van der Waals surface area contributed by atoms with E-state index in [2.05, 4.69) is 27.0 Å². The van der Waals surface area contributed by atoms with Crippen molar-refractivity contribution in [2.24, 2.45) is 0 Å². The molecule has 15 heteroatoms. The summed E-state index contributed by atoms with van der Waals surface area (Å²) in [6.07, 6.45) is 3.66. The maximum absolute atomic E-state index is 15.7. The number of hydrogen-bond acceptors (Lipinski definition) is 11. The normalized spacial score (nSPS) is 16.4. The molecular weight excluding hydrogens is 749 g/mol. The summed E-state index contributed by atoms with van der Waals surface area (Å²) in [5.41, 5.74) is 0.835. The number of benzene rings is 3. The van der Waals surface area contributed by atoms with Gasteiger partial charge in [0.2, 0.25) is 5.85 Å². The Morgan fingerprint density at radius 2 is 1.60 bits per heavy atom. The standard InChI is InChI=1S/C40H39F2N5O6S2/c1-40(45-12-17-54-18-13-45,46-14-19-55-20-15-46)53-35-23-31-29(22-34(35)50-2)32(9-11-43-31)52-33-8-5-27(21-30(33)42)44-38(48)36-37-25(10-16-51-37)24-47(39(36)49)28-6-3-26(41)4-7-28/h3-9,11,21-24H,10,12-20H2,1-2H3,(H,44,48). The van der Waals surface area contributed by atoms with Gasteiger partial charge >= 0.3 is 0 Å². The molecule has 2 fully saturated rings. The number of amides is 1. The summed E-state index contributed by atoms with van der Waals surface area (Å²) in [6, 6.07) is 14.6. The fraction of sp³-hybridized carbons (Fsp3) is 0.325. The quantitative estimate of drug-likeness (QED) is 0.162. The first-order valence-corrected chi connectivity index (χ1v) is 20.3. The number of hydrogen-bond donors (Lipinski definition) is 1. The molecule has 0 aliphatic carbocycles. The van der Waals surface area contributed by atoms with Gasteiger partial charge in [-0.25, -0.2) is 8.78 Å². The van der Waals surface area contributed by atoms with E-state index in [0.717, 1.165) is 55.3 Å². The van der Waals surface area contributed by atoms with Crippen molar-refractivity contribution < 1.29 is 32.5 Å². The summed E-state index contributed by atoms with van der Waals surface area (Å²) in [6.45, 7) is 6.06. The predicted octanol–water partition coefficient (Wildman–Crippen LogP) is 6.80. The van der Waals surface area contributed by atoms with Crippen LogP contribution in [0.25, 0.3) is 16.6 Å². The Morgan fingerprint density at radius 3 is 2.27 bits per heavy atom. The van der Waals surface area contributed by atoms with Gasteiger partial charge in [-0.05, 0) is 48.5 Å². The zero-order chi connectivity index (χ0) is 38.1. The van der Waals surface area contributed by atoms with Gasteiger partial charge in [-0.2, -0.15) is 23.5 Å². The summed E-state index contributed by atoms with van der Waals surface area (Å²) in [5, 5.41) is 3.22. The smallest absolute Gasteiger partial charge is 0.271 e. The lowest BCUT2D eigenvalue weighted by molar-refractivity contribution is -0.179. The van der Waals surface area contributed by atoms with E-state index < -0.39 is 28.9 Å². The Balaban J connectivity index is 1.04. The molecule has 0 unspecified atom stereocenters. The number of thioether (sulfide) groups is 2. The number of carbonyl (C=O) groups excluding carboxylic acids is 1. The highest BCUT2D eigenvalue weighted by molar-refractivity contribution is 7.99. The van der Waals surface area contributed by atoms with Crippen LogP contribution in [0.1, 0.15) is 22.8 Å². The van der Waals surface area contributed by atoms with Crippen LogP contribution in [0.5, 0.6) is 28.7 Å². The van der Waals surface area contributed by atoms with Gasteiger partial charge in [-0.3, -0.25) is 28.9 Å². The number of halogens is 2. The third-order valence-electron chi connectivity index (χ3n) is 10.1. The van der Waals surface area contributed by atoms with Gasteiger partial charge in [-0.15, -0.1) is 0 Å². The van der Waals surface area contributed by atoms with Crippen molar-refractivity contribution in [1.82, 2.24) is 19.4 Å². The van der Waals surface area contributed by atoms with Crippen LogP contribution in [0.3, 0.4) is 0 Å². The van der Waals surface area contributed by atoms with E-state index in [9.17, 15) is 14.0 Å². The first-order valence-electron chi connectivity index (χ1n) is 18.0. The van der Waals surface area contributed by atoms with E-state index >= 15 is 4.39 Å². The summed E-state index contributed by atoms with van der Waals surface area (Å²) in [5.74, 6) is 2.93. The van der Waals surface area contributed by atoms with Gasteiger partial charge < -0.3 is 24.3 Å². The molecule has 11 nitrogen and oxygen atoms in total. The lowest BCUT2D eigenvalue weighted by atomic mass is 10.1. The maximum Gasteiger partial charge on any atom is 0.271 e. The molecule has 1 N–H and O–H groups in total. The first kappa shape index (κ1) is 37.1. The Hall–Kier alpha value is -4.83. The average molecular weight is 788 g/mol. The molecule has 3 aromatic carbocycles. The first-order chi connectivity index (χ1) is 26.7. The molecule has 3 aliphatic rings. The molecule has 1 amide bonds. The number of methoxy groups -OCH3 is 1. The number of ether oxygens (including phenoxy) is 4. The van der Waals surface area contributed by atoms with Gasteiger partial charge in [0.05, 0.1) is 19.2 Å².